The van der Waals surface area contributed by atoms with Crippen LogP contribution in [0.4, 0.5) is 5.69 Å². The maximum absolute atomic E-state index is 11.9. The van der Waals surface area contributed by atoms with Crippen molar-refractivity contribution in [2.75, 3.05) is 25.6 Å². The first-order valence-electron chi connectivity index (χ1n) is 9.38. The van der Waals surface area contributed by atoms with E-state index in [1.54, 1.807) is 30.5 Å². The van der Waals surface area contributed by atoms with Crippen molar-refractivity contribution in [3.8, 4) is 22.9 Å². The fraction of sp³-hybridized carbons (Fsp3) is 0.125. The van der Waals surface area contributed by atoms with Crippen molar-refractivity contribution < 1.29 is 9.53 Å². The molecular weight excluding hydrogens is 376 g/mol. The first-order chi connectivity index (χ1) is 14.5. The molecule has 0 saturated carbocycles. The van der Waals surface area contributed by atoms with Crippen molar-refractivity contribution in [2.24, 2.45) is 5.10 Å². The summed E-state index contributed by atoms with van der Waals surface area (Å²) in [7, 11) is 3.95. The standard InChI is InChI=1S/C24H22N4O2/c1-28(2)22-11-5-19(6-12-22)16-26-27-24(29)17-30-23-13-9-21(10-14-23)20-7-3-18(15-25)4-8-20/h3-14,16H,17H2,1-2H3,(H,27,29)/b26-16-. The van der Waals surface area contributed by atoms with Crippen LogP contribution in [0, 0.1) is 11.3 Å². The fourth-order valence-electron chi connectivity index (χ4n) is 2.70. The Morgan fingerprint density at radius 2 is 1.60 bits per heavy atom. The molecule has 0 aliphatic heterocycles. The molecule has 0 heterocycles. The molecule has 3 aromatic rings. The number of amides is 1. The Hall–Kier alpha value is -4.11. The topological polar surface area (TPSA) is 77.7 Å². The van der Waals surface area contributed by atoms with Crippen molar-refractivity contribution in [1.29, 1.82) is 5.26 Å². The smallest absolute Gasteiger partial charge is 0.277 e. The summed E-state index contributed by atoms with van der Waals surface area (Å²) in [5.41, 5.74) is 7.07. The molecule has 0 spiro atoms. The Kier molecular flexibility index (Phi) is 6.80. The number of carbonyl (C=O) groups excluding carboxylic acids is 1. The minimum Gasteiger partial charge on any atom is -0.484 e. The Bertz CT molecular complexity index is 1050. The summed E-state index contributed by atoms with van der Waals surface area (Å²) in [6.45, 7) is -0.132. The number of anilines is 1. The molecule has 0 aliphatic carbocycles. The molecule has 0 aliphatic rings. The van der Waals surface area contributed by atoms with E-state index >= 15 is 0 Å². The van der Waals surface area contributed by atoms with E-state index in [-0.39, 0.29) is 12.5 Å². The van der Waals surface area contributed by atoms with Crippen molar-refractivity contribution >= 4 is 17.8 Å². The van der Waals surface area contributed by atoms with Gasteiger partial charge in [0.2, 0.25) is 0 Å². The lowest BCUT2D eigenvalue weighted by atomic mass is 10.0. The van der Waals surface area contributed by atoms with Gasteiger partial charge < -0.3 is 9.64 Å². The third kappa shape index (κ3) is 5.69. The van der Waals surface area contributed by atoms with Gasteiger partial charge in [-0.3, -0.25) is 4.79 Å². The largest absolute Gasteiger partial charge is 0.484 e. The molecule has 0 bridgehead atoms. The highest BCUT2D eigenvalue weighted by molar-refractivity contribution is 5.83. The second-order valence-electron chi connectivity index (χ2n) is 6.78. The molecule has 3 aromatic carbocycles. The Morgan fingerprint density at radius 1 is 1.00 bits per heavy atom. The molecule has 30 heavy (non-hydrogen) atoms. The predicted molar refractivity (Wildman–Crippen MR) is 119 cm³/mol. The normalized spacial score (nSPS) is 10.4. The number of carbonyl (C=O) groups is 1. The molecule has 0 unspecified atom stereocenters. The number of nitrogens with zero attached hydrogens (tertiary/aromatic N) is 3. The summed E-state index contributed by atoms with van der Waals surface area (Å²) in [4.78, 5) is 13.9. The minimum atomic E-state index is -0.340. The molecule has 0 atom stereocenters. The number of nitriles is 1. The molecule has 6 heteroatoms. The Morgan fingerprint density at radius 3 is 2.17 bits per heavy atom. The van der Waals surface area contributed by atoms with Crippen LogP contribution >= 0.6 is 0 Å². The van der Waals surface area contributed by atoms with Crippen LogP contribution in [-0.2, 0) is 4.79 Å². The molecule has 150 valence electrons. The van der Waals surface area contributed by atoms with Gasteiger partial charge in [-0.25, -0.2) is 5.43 Å². The number of hydrazone groups is 1. The van der Waals surface area contributed by atoms with Gasteiger partial charge in [-0.15, -0.1) is 0 Å². The lowest BCUT2D eigenvalue weighted by Gasteiger charge is -2.11. The van der Waals surface area contributed by atoms with Crippen LogP contribution < -0.4 is 15.1 Å². The summed E-state index contributed by atoms with van der Waals surface area (Å²) in [5, 5.41) is 12.8. The van der Waals surface area contributed by atoms with E-state index in [0.717, 1.165) is 22.4 Å². The molecule has 0 aromatic heterocycles. The van der Waals surface area contributed by atoms with E-state index in [0.29, 0.717) is 11.3 Å². The second-order valence-corrected chi connectivity index (χ2v) is 6.78. The molecule has 6 nitrogen and oxygen atoms in total. The van der Waals surface area contributed by atoms with E-state index in [4.69, 9.17) is 10.00 Å². The highest BCUT2D eigenvalue weighted by atomic mass is 16.5. The molecule has 3 rings (SSSR count). The van der Waals surface area contributed by atoms with E-state index in [1.807, 2.05) is 67.5 Å². The lowest BCUT2D eigenvalue weighted by Crippen LogP contribution is -2.24. The third-order valence-corrected chi connectivity index (χ3v) is 4.38. The second kappa shape index (κ2) is 9.89. The van der Waals surface area contributed by atoms with Crippen molar-refractivity contribution in [2.45, 2.75) is 0 Å². The summed E-state index contributed by atoms with van der Waals surface area (Å²) < 4.78 is 5.51. The van der Waals surface area contributed by atoms with Gasteiger partial charge in [0.25, 0.3) is 5.91 Å². The van der Waals surface area contributed by atoms with Crippen LogP contribution in [0.3, 0.4) is 0 Å². The summed E-state index contributed by atoms with van der Waals surface area (Å²) >= 11 is 0. The predicted octanol–water partition coefficient (Wildman–Crippen LogP) is 3.82. The molecular formula is C24H22N4O2. The van der Waals surface area contributed by atoms with Gasteiger partial charge in [0.15, 0.2) is 6.61 Å². The number of nitrogens with one attached hydrogen (secondary N) is 1. The van der Waals surface area contributed by atoms with E-state index in [9.17, 15) is 4.79 Å². The van der Waals surface area contributed by atoms with Gasteiger partial charge in [0.1, 0.15) is 5.75 Å². The number of benzene rings is 3. The van der Waals surface area contributed by atoms with Gasteiger partial charge in [-0.05, 0) is 53.1 Å². The number of hydrogen-bond donors (Lipinski definition) is 1. The van der Waals surface area contributed by atoms with Crippen LogP contribution in [0.25, 0.3) is 11.1 Å². The van der Waals surface area contributed by atoms with Crippen LogP contribution in [0.5, 0.6) is 5.75 Å². The van der Waals surface area contributed by atoms with E-state index in [2.05, 4.69) is 16.6 Å². The average Bonchev–Trinajstić information content (AvgIpc) is 2.78. The monoisotopic (exact) mass is 398 g/mol. The average molecular weight is 398 g/mol. The summed E-state index contributed by atoms with van der Waals surface area (Å²) in [6, 6.07) is 24.7. The highest BCUT2D eigenvalue weighted by Gasteiger charge is 2.03. The SMILES string of the molecule is CN(C)c1ccc(/C=N\NC(=O)COc2ccc(-c3ccc(C#N)cc3)cc2)cc1. The Balaban J connectivity index is 1.47. The van der Waals surface area contributed by atoms with Gasteiger partial charge in [0.05, 0.1) is 17.8 Å². The number of hydrogen-bond acceptors (Lipinski definition) is 5. The van der Waals surface area contributed by atoms with Crippen molar-refractivity contribution in [3.63, 3.8) is 0 Å². The summed E-state index contributed by atoms with van der Waals surface area (Å²) in [5.74, 6) is 0.248. The van der Waals surface area contributed by atoms with Gasteiger partial charge >= 0.3 is 0 Å². The van der Waals surface area contributed by atoms with E-state index in [1.165, 1.54) is 0 Å². The maximum Gasteiger partial charge on any atom is 0.277 e. The Labute approximate surface area is 176 Å². The third-order valence-electron chi connectivity index (χ3n) is 4.38. The van der Waals surface area contributed by atoms with Crippen LogP contribution in [0.1, 0.15) is 11.1 Å². The first kappa shape index (κ1) is 20.6. The molecule has 1 N–H and O–H groups in total. The van der Waals surface area contributed by atoms with Crippen LogP contribution in [-0.4, -0.2) is 32.8 Å². The lowest BCUT2D eigenvalue weighted by molar-refractivity contribution is -0.123. The number of ether oxygens (including phenoxy) is 1. The molecule has 0 radical (unpaired) electrons. The maximum atomic E-state index is 11.9. The van der Waals surface area contributed by atoms with Crippen LogP contribution in [0.15, 0.2) is 77.9 Å². The fourth-order valence-corrected chi connectivity index (χ4v) is 2.70. The zero-order valence-corrected chi connectivity index (χ0v) is 16.9. The zero-order chi connectivity index (χ0) is 21.3. The van der Waals surface area contributed by atoms with Crippen molar-refractivity contribution in [3.05, 3.63) is 83.9 Å². The van der Waals surface area contributed by atoms with Crippen LogP contribution in [0.2, 0.25) is 0 Å². The molecule has 0 saturated heterocycles. The van der Waals surface area contributed by atoms with Gasteiger partial charge in [0, 0.05) is 19.8 Å². The van der Waals surface area contributed by atoms with Gasteiger partial charge in [-0.1, -0.05) is 36.4 Å². The first-order valence-corrected chi connectivity index (χ1v) is 9.38. The zero-order valence-electron chi connectivity index (χ0n) is 16.9. The molecule has 1 amide bonds. The summed E-state index contributed by atoms with van der Waals surface area (Å²) in [6.07, 6.45) is 1.59. The van der Waals surface area contributed by atoms with E-state index < -0.39 is 0 Å². The number of rotatable bonds is 7. The quantitative estimate of drug-likeness (QED) is 0.485. The van der Waals surface area contributed by atoms with Crippen molar-refractivity contribution in [1.82, 2.24) is 5.43 Å². The van der Waals surface area contributed by atoms with Gasteiger partial charge in [-0.2, -0.15) is 10.4 Å². The molecule has 0 fully saturated rings. The highest BCUT2D eigenvalue weighted by Crippen LogP contribution is 2.22. The minimum absolute atomic E-state index is 0.132.